The number of hydrogen-bond acceptors (Lipinski definition) is 4. The van der Waals surface area contributed by atoms with E-state index in [0.717, 1.165) is 37.0 Å². The first-order chi connectivity index (χ1) is 19.0. The molecule has 5 rings (SSSR count). The predicted molar refractivity (Wildman–Crippen MR) is 160 cm³/mol. The molecule has 0 unspecified atom stereocenters. The van der Waals surface area contributed by atoms with Crippen molar-refractivity contribution in [2.75, 3.05) is 0 Å². The van der Waals surface area contributed by atoms with Crippen LogP contribution < -0.4 is 0 Å². The summed E-state index contributed by atoms with van der Waals surface area (Å²) >= 11 is 0. The Balaban J connectivity index is 1.45. The Bertz CT molecular complexity index is 1090. The first-order valence-electron chi connectivity index (χ1n) is 16.2. The zero-order chi connectivity index (χ0) is 28.7. The number of fused-ring (bicyclic) bond motifs is 5. The van der Waals surface area contributed by atoms with Crippen LogP contribution in [0.3, 0.4) is 0 Å². The van der Waals surface area contributed by atoms with Crippen molar-refractivity contribution in [1.82, 2.24) is 0 Å². The van der Waals surface area contributed by atoms with Crippen molar-refractivity contribution in [3.05, 3.63) is 47.5 Å². The summed E-state index contributed by atoms with van der Waals surface area (Å²) in [6.07, 6.45) is 13.7. The minimum Gasteiger partial charge on any atom is -0.462 e. The second-order valence-electron chi connectivity index (χ2n) is 14.6. The molecule has 220 valence electrons. The molecule has 0 radical (unpaired) electrons. The predicted octanol–water partition coefficient (Wildman–Crippen LogP) is 8.80. The van der Waals surface area contributed by atoms with E-state index >= 15 is 0 Å². The lowest BCUT2D eigenvalue weighted by molar-refractivity contribution is -0.149. The van der Waals surface area contributed by atoms with Gasteiger partial charge >= 0.3 is 11.9 Å². The number of benzene rings is 1. The topological polar surface area (TPSA) is 52.6 Å². The summed E-state index contributed by atoms with van der Waals surface area (Å²) in [5.41, 5.74) is 2.34. The Morgan fingerprint density at radius 2 is 1.68 bits per heavy atom. The van der Waals surface area contributed by atoms with Crippen molar-refractivity contribution in [2.24, 2.45) is 46.3 Å². The van der Waals surface area contributed by atoms with E-state index in [1.807, 2.05) is 30.3 Å². The third kappa shape index (κ3) is 5.53. The van der Waals surface area contributed by atoms with E-state index < -0.39 is 0 Å². The van der Waals surface area contributed by atoms with Crippen LogP contribution in [-0.2, 0) is 14.3 Å². The highest BCUT2D eigenvalue weighted by atomic mass is 16.5. The second kappa shape index (κ2) is 11.6. The lowest BCUT2D eigenvalue weighted by atomic mass is 9.46. The third-order valence-electron chi connectivity index (χ3n) is 11.8. The van der Waals surface area contributed by atoms with Crippen molar-refractivity contribution in [1.29, 1.82) is 0 Å². The summed E-state index contributed by atoms with van der Waals surface area (Å²) < 4.78 is 12.2. The van der Waals surface area contributed by atoms with Crippen LogP contribution in [0.5, 0.6) is 0 Å². The van der Waals surface area contributed by atoms with Crippen LogP contribution >= 0.6 is 0 Å². The molecule has 0 heterocycles. The van der Waals surface area contributed by atoms with Crippen LogP contribution in [0, 0.1) is 46.3 Å². The van der Waals surface area contributed by atoms with Gasteiger partial charge in [0.15, 0.2) is 0 Å². The molecule has 9 atom stereocenters. The van der Waals surface area contributed by atoms with Gasteiger partial charge in [-0.2, -0.15) is 0 Å². The molecule has 4 nitrogen and oxygen atoms in total. The Labute approximate surface area is 242 Å². The maximum atomic E-state index is 13.4. The summed E-state index contributed by atoms with van der Waals surface area (Å²) in [5, 5.41) is 0. The first kappa shape index (κ1) is 29.4. The Hall–Kier alpha value is -2.10. The molecule has 0 amide bonds. The van der Waals surface area contributed by atoms with Crippen LogP contribution in [0.4, 0.5) is 0 Å². The van der Waals surface area contributed by atoms with Gasteiger partial charge in [-0.15, -0.1) is 0 Å². The molecule has 1 aromatic carbocycles. The molecule has 40 heavy (non-hydrogen) atoms. The molecule has 0 bridgehead atoms. The standard InChI is InChI=1S/C36H52O4/c1-23(2)11-10-12-24(3)29-15-16-30-33-31(18-20-36(29,30)6)35(5)19-17-28(39-25(4)37)21-27(35)22-32(33)40-34(38)26-13-8-7-9-14-26/h7-9,13-14,22-24,28-33H,10-12,15-21H2,1-6H3/t24-,28+,29+,30-,31-,32+,33-,35-,36+/m0/s1. The minimum atomic E-state index is -0.225. The van der Waals surface area contributed by atoms with Crippen molar-refractivity contribution in [3.8, 4) is 0 Å². The van der Waals surface area contributed by atoms with Gasteiger partial charge in [0, 0.05) is 19.3 Å². The van der Waals surface area contributed by atoms with Gasteiger partial charge in [-0.3, -0.25) is 4.79 Å². The van der Waals surface area contributed by atoms with Crippen molar-refractivity contribution >= 4 is 11.9 Å². The highest BCUT2D eigenvalue weighted by Crippen LogP contribution is 2.67. The van der Waals surface area contributed by atoms with Crippen LogP contribution in [0.2, 0.25) is 0 Å². The quantitative estimate of drug-likeness (QED) is 0.241. The van der Waals surface area contributed by atoms with Gasteiger partial charge in [0.1, 0.15) is 12.2 Å². The van der Waals surface area contributed by atoms with Crippen LogP contribution in [0.1, 0.15) is 116 Å². The molecule has 3 fully saturated rings. The average molecular weight is 549 g/mol. The molecule has 3 saturated carbocycles. The summed E-state index contributed by atoms with van der Waals surface area (Å²) in [6.45, 7) is 13.7. The van der Waals surface area contributed by atoms with Crippen LogP contribution in [0.25, 0.3) is 0 Å². The Morgan fingerprint density at radius 1 is 0.925 bits per heavy atom. The summed E-state index contributed by atoms with van der Waals surface area (Å²) in [6, 6.07) is 9.45. The highest BCUT2D eigenvalue weighted by Gasteiger charge is 2.62. The largest absolute Gasteiger partial charge is 0.462 e. The van der Waals surface area contributed by atoms with E-state index in [9.17, 15) is 9.59 Å². The van der Waals surface area contributed by atoms with Gasteiger partial charge in [0.25, 0.3) is 0 Å². The van der Waals surface area contributed by atoms with Gasteiger partial charge in [0.05, 0.1) is 5.56 Å². The minimum absolute atomic E-state index is 0.0738. The van der Waals surface area contributed by atoms with E-state index in [-0.39, 0.29) is 29.6 Å². The Morgan fingerprint density at radius 3 is 2.38 bits per heavy atom. The van der Waals surface area contributed by atoms with Gasteiger partial charge in [-0.05, 0) is 97.2 Å². The maximum absolute atomic E-state index is 13.4. The molecule has 4 aliphatic carbocycles. The fourth-order valence-electron chi connectivity index (χ4n) is 9.83. The smallest absolute Gasteiger partial charge is 0.338 e. The van der Waals surface area contributed by atoms with E-state index in [2.05, 4.69) is 40.7 Å². The number of hydrogen-bond donors (Lipinski definition) is 0. The summed E-state index contributed by atoms with van der Waals surface area (Å²) in [5.74, 6) is 3.23. The fraction of sp³-hybridized carbons (Fsp3) is 0.722. The van der Waals surface area contributed by atoms with E-state index in [4.69, 9.17) is 9.47 Å². The normalized spacial score (nSPS) is 37.5. The lowest BCUT2D eigenvalue weighted by Gasteiger charge is -2.59. The zero-order valence-corrected chi connectivity index (χ0v) is 25.8. The number of esters is 2. The van der Waals surface area contributed by atoms with Crippen molar-refractivity contribution < 1.29 is 19.1 Å². The average Bonchev–Trinajstić information content (AvgIpc) is 3.26. The second-order valence-corrected chi connectivity index (χ2v) is 14.6. The summed E-state index contributed by atoms with van der Waals surface area (Å²) in [4.78, 5) is 25.2. The monoisotopic (exact) mass is 548 g/mol. The van der Waals surface area contributed by atoms with Gasteiger partial charge < -0.3 is 9.47 Å². The number of carbonyl (C=O) groups is 2. The van der Waals surface area contributed by atoms with Gasteiger partial charge in [0.2, 0.25) is 0 Å². The van der Waals surface area contributed by atoms with E-state index in [1.165, 1.54) is 57.4 Å². The molecule has 4 heteroatoms. The number of ether oxygens (including phenoxy) is 2. The lowest BCUT2D eigenvalue weighted by Crippen LogP contribution is -2.55. The molecular weight excluding hydrogens is 496 g/mol. The Kier molecular flexibility index (Phi) is 8.56. The van der Waals surface area contributed by atoms with Crippen molar-refractivity contribution in [3.63, 3.8) is 0 Å². The first-order valence-corrected chi connectivity index (χ1v) is 16.2. The molecule has 0 spiro atoms. The van der Waals surface area contributed by atoms with Gasteiger partial charge in [-0.25, -0.2) is 4.79 Å². The zero-order valence-electron chi connectivity index (χ0n) is 25.8. The van der Waals surface area contributed by atoms with Crippen LogP contribution in [0.15, 0.2) is 42.0 Å². The molecule has 0 aromatic heterocycles. The highest BCUT2D eigenvalue weighted by molar-refractivity contribution is 5.89. The fourth-order valence-corrected chi connectivity index (χ4v) is 9.83. The van der Waals surface area contributed by atoms with Crippen molar-refractivity contribution in [2.45, 2.75) is 118 Å². The van der Waals surface area contributed by atoms with E-state index in [1.54, 1.807) is 0 Å². The molecule has 0 aliphatic heterocycles. The molecule has 1 aromatic rings. The molecule has 0 saturated heterocycles. The molecular formula is C36H52O4. The molecule has 4 aliphatic rings. The summed E-state index contributed by atoms with van der Waals surface area (Å²) in [7, 11) is 0. The van der Waals surface area contributed by atoms with E-state index in [0.29, 0.717) is 28.7 Å². The van der Waals surface area contributed by atoms with Crippen LogP contribution in [-0.4, -0.2) is 24.1 Å². The van der Waals surface area contributed by atoms with Gasteiger partial charge in [-0.1, -0.05) is 77.7 Å². The SMILES string of the molecule is CC(=O)O[C@@H]1CC[C@@]2(C)C(=C[C@@H](OC(=O)c3ccccc3)[C@H]3[C@@H]4CC[C@H]([C@@H](C)CCCC(C)C)[C@@]4(C)CC[C@@H]32)C1. The maximum Gasteiger partial charge on any atom is 0.338 e. The molecule has 0 N–H and O–H groups in total. The third-order valence-corrected chi connectivity index (χ3v) is 11.8. The number of carbonyl (C=O) groups excluding carboxylic acids is 2. The number of rotatable bonds is 8.